The van der Waals surface area contributed by atoms with Gasteiger partial charge in [-0.1, -0.05) is 6.07 Å². The van der Waals surface area contributed by atoms with Gasteiger partial charge in [-0.2, -0.15) is 4.99 Å². The van der Waals surface area contributed by atoms with E-state index in [9.17, 15) is 14.4 Å². The first-order chi connectivity index (χ1) is 20.2. The van der Waals surface area contributed by atoms with Gasteiger partial charge in [0.1, 0.15) is 16.9 Å². The number of amides is 1. The Labute approximate surface area is 243 Å². The Hall–Kier alpha value is -4.67. The van der Waals surface area contributed by atoms with Crippen LogP contribution in [0, 0.1) is 6.92 Å². The fraction of sp³-hybridized carbons (Fsp3) is 0.387. The van der Waals surface area contributed by atoms with E-state index in [1.165, 1.54) is 22.6 Å². The van der Waals surface area contributed by atoms with Crippen molar-refractivity contribution in [3.8, 4) is 17.2 Å². The monoisotopic (exact) mass is 576 g/mol. The molecule has 0 unspecified atom stereocenters. The number of nitrogens with zero attached hydrogens (tertiary/aromatic N) is 4. The van der Waals surface area contributed by atoms with Gasteiger partial charge in [0.15, 0.2) is 17.0 Å². The van der Waals surface area contributed by atoms with E-state index >= 15 is 0 Å². The maximum absolute atomic E-state index is 13.8. The van der Waals surface area contributed by atoms with Crippen molar-refractivity contribution in [1.82, 2.24) is 14.0 Å². The topological polar surface area (TPSA) is 123 Å². The fourth-order valence-electron chi connectivity index (χ4n) is 4.68. The fourth-order valence-corrected chi connectivity index (χ4v) is 4.68. The molecule has 0 saturated heterocycles. The average Bonchev–Trinajstić information content (AvgIpc) is 2.95. The summed E-state index contributed by atoms with van der Waals surface area (Å²) in [6.45, 7) is 13.9. The largest absolute Gasteiger partial charge is 0.490 e. The zero-order chi connectivity index (χ0) is 30.6. The highest BCUT2D eigenvalue weighted by molar-refractivity contribution is 5.98. The molecule has 1 aromatic carbocycles. The van der Waals surface area contributed by atoms with Crippen LogP contribution in [0.2, 0.25) is 0 Å². The molecule has 0 spiro atoms. The minimum absolute atomic E-state index is 0.0237. The van der Waals surface area contributed by atoms with Crippen molar-refractivity contribution in [2.24, 2.45) is 4.99 Å². The molecular weight excluding hydrogens is 540 g/mol. The average molecular weight is 577 g/mol. The van der Waals surface area contributed by atoms with Crippen LogP contribution in [0.1, 0.15) is 73.9 Å². The smallest absolute Gasteiger partial charge is 0.341 e. The van der Waals surface area contributed by atoms with E-state index in [2.05, 4.69) is 4.99 Å². The molecule has 11 heteroatoms. The zero-order valence-corrected chi connectivity index (χ0v) is 25.0. The molecule has 11 nitrogen and oxygen atoms in total. The van der Waals surface area contributed by atoms with Crippen LogP contribution >= 0.6 is 0 Å². The lowest BCUT2D eigenvalue weighted by Gasteiger charge is -2.18. The van der Waals surface area contributed by atoms with Crippen molar-refractivity contribution >= 4 is 28.6 Å². The maximum Gasteiger partial charge on any atom is 0.341 e. The molecule has 3 heterocycles. The summed E-state index contributed by atoms with van der Waals surface area (Å²) in [5, 5.41) is 0.194. The Balaban J connectivity index is 2.09. The van der Waals surface area contributed by atoms with E-state index in [4.69, 9.17) is 23.9 Å². The van der Waals surface area contributed by atoms with E-state index in [1.807, 2.05) is 47.6 Å². The summed E-state index contributed by atoms with van der Waals surface area (Å²) in [5.41, 5.74) is 1.34. The number of carbonyl (C=O) groups excluding carboxylic acids is 2. The lowest BCUT2D eigenvalue weighted by Crippen LogP contribution is -2.33. The van der Waals surface area contributed by atoms with Crippen molar-refractivity contribution in [2.75, 3.05) is 26.4 Å². The molecule has 0 radical (unpaired) electrons. The second kappa shape index (κ2) is 12.9. The normalized spacial score (nSPS) is 11.8. The highest BCUT2D eigenvalue weighted by Gasteiger charge is 2.23. The van der Waals surface area contributed by atoms with Crippen molar-refractivity contribution in [2.45, 2.75) is 54.5 Å². The molecule has 222 valence electrons. The summed E-state index contributed by atoms with van der Waals surface area (Å²) < 4.78 is 25.7. The summed E-state index contributed by atoms with van der Waals surface area (Å²) in [5.74, 6) is -0.318. The first-order valence-corrected chi connectivity index (χ1v) is 14.1. The summed E-state index contributed by atoms with van der Waals surface area (Å²) >= 11 is 0. The SMILES string of the molecule is CCOC(=O)c1cc2c(=O)n3cccc(C)c3nc2n(C(C)C)c1=NC(=O)c1cc(OCC)c(OCC)c(OCC)c1. The van der Waals surface area contributed by atoms with Crippen molar-refractivity contribution in [3.05, 3.63) is 69.1 Å². The molecule has 4 aromatic rings. The van der Waals surface area contributed by atoms with Gasteiger partial charge in [-0.05, 0) is 78.3 Å². The molecule has 0 saturated carbocycles. The van der Waals surface area contributed by atoms with Crippen LogP contribution in [0.15, 0.2) is 46.3 Å². The van der Waals surface area contributed by atoms with Gasteiger partial charge in [-0.25, -0.2) is 9.78 Å². The number of carbonyl (C=O) groups is 2. The summed E-state index contributed by atoms with van der Waals surface area (Å²) in [4.78, 5) is 49.9. The van der Waals surface area contributed by atoms with Crippen molar-refractivity contribution < 1.29 is 28.5 Å². The van der Waals surface area contributed by atoms with Crippen LogP contribution in [-0.4, -0.2) is 52.3 Å². The number of rotatable bonds is 10. The summed E-state index contributed by atoms with van der Waals surface area (Å²) in [7, 11) is 0. The lowest BCUT2D eigenvalue weighted by atomic mass is 10.1. The number of pyridine rings is 2. The van der Waals surface area contributed by atoms with Gasteiger partial charge >= 0.3 is 5.97 Å². The molecule has 0 atom stereocenters. The first-order valence-electron chi connectivity index (χ1n) is 14.1. The highest BCUT2D eigenvalue weighted by atomic mass is 16.5. The van der Waals surface area contributed by atoms with Gasteiger partial charge in [0.25, 0.3) is 11.5 Å². The lowest BCUT2D eigenvalue weighted by molar-refractivity contribution is 0.0523. The Morgan fingerprint density at radius 2 is 1.57 bits per heavy atom. The van der Waals surface area contributed by atoms with Crippen LogP contribution < -0.4 is 25.3 Å². The Kier molecular flexibility index (Phi) is 9.29. The molecule has 1 amide bonds. The number of hydrogen-bond acceptors (Lipinski definition) is 8. The van der Waals surface area contributed by atoms with Crippen molar-refractivity contribution in [1.29, 1.82) is 0 Å². The van der Waals surface area contributed by atoms with Gasteiger partial charge in [0.05, 0.1) is 31.8 Å². The summed E-state index contributed by atoms with van der Waals surface area (Å²) in [6, 6.07) is 7.74. The van der Waals surface area contributed by atoms with Crippen molar-refractivity contribution in [3.63, 3.8) is 0 Å². The molecule has 0 aliphatic carbocycles. The van der Waals surface area contributed by atoms with Crippen LogP contribution in [0.3, 0.4) is 0 Å². The third-order valence-corrected chi connectivity index (χ3v) is 6.43. The molecule has 42 heavy (non-hydrogen) atoms. The minimum Gasteiger partial charge on any atom is -0.490 e. The second-order valence-corrected chi connectivity index (χ2v) is 9.62. The van der Waals surface area contributed by atoms with Crippen LogP contribution in [0.4, 0.5) is 0 Å². The zero-order valence-electron chi connectivity index (χ0n) is 25.0. The number of benzene rings is 1. The predicted molar refractivity (Wildman–Crippen MR) is 158 cm³/mol. The van der Waals surface area contributed by atoms with Gasteiger partial charge in [0.2, 0.25) is 5.75 Å². The molecule has 0 fully saturated rings. The Morgan fingerprint density at radius 1 is 0.929 bits per heavy atom. The van der Waals surface area contributed by atoms with E-state index in [0.29, 0.717) is 48.4 Å². The van der Waals surface area contributed by atoms with E-state index < -0.39 is 11.9 Å². The number of fused-ring (bicyclic) bond motifs is 2. The molecule has 3 aromatic heterocycles. The highest BCUT2D eigenvalue weighted by Crippen LogP contribution is 2.39. The molecule has 0 bridgehead atoms. The number of ether oxygens (including phenoxy) is 4. The van der Waals surface area contributed by atoms with E-state index in [1.54, 1.807) is 23.8 Å². The third kappa shape index (κ3) is 5.72. The number of esters is 1. The molecule has 0 aliphatic rings. The van der Waals surface area contributed by atoms with Crippen LogP contribution in [0.5, 0.6) is 17.2 Å². The predicted octanol–water partition coefficient (Wildman–Crippen LogP) is 4.65. The minimum atomic E-state index is -0.717. The Morgan fingerprint density at radius 3 is 2.14 bits per heavy atom. The standard InChI is InChI=1S/C31H36N4O7/c1-8-39-23-15-20(16-24(40-9-2)25(23)41-10-3)29(36)33-28-22(31(38)42-11-4)17-21-27(35(28)18(5)6)32-26-19(7)13-12-14-34(26)30(21)37/h12-18H,8-11H2,1-7H3. The van der Waals surface area contributed by atoms with Crippen LogP contribution in [0.25, 0.3) is 16.7 Å². The number of hydrogen-bond donors (Lipinski definition) is 0. The molecule has 0 N–H and O–H groups in total. The van der Waals surface area contributed by atoms with Gasteiger partial charge in [-0.3, -0.25) is 14.0 Å². The van der Waals surface area contributed by atoms with E-state index in [-0.39, 0.29) is 40.2 Å². The second-order valence-electron chi connectivity index (χ2n) is 9.62. The van der Waals surface area contributed by atoms with Gasteiger partial charge in [-0.15, -0.1) is 0 Å². The Bertz CT molecular complexity index is 1760. The number of aromatic nitrogens is 3. The molecule has 0 aliphatic heterocycles. The first kappa shape index (κ1) is 30.3. The molecule has 4 rings (SSSR count). The summed E-state index contributed by atoms with van der Waals surface area (Å²) in [6.07, 6.45) is 1.63. The maximum atomic E-state index is 13.8. The number of aryl methyl sites for hydroxylation is 1. The van der Waals surface area contributed by atoms with Gasteiger partial charge < -0.3 is 23.5 Å². The quantitative estimate of drug-likeness (QED) is 0.197. The van der Waals surface area contributed by atoms with Gasteiger partial charge in [0, 0.05) is 17.8 Å². The molecular formula is C31H36N4O7. The third-order valence-electron chi connectivity index (χ3n) is 6.43. The van der Waals surface area contributed by atoms with E-state index in [0.717, 1.165) is 5.56 Å². The van der Waals surface area contributed by atoms with Crippen LogP contribution in [-0.2, 0) is 4.74 Å².